The van der Waals surface area contributed by atoms with Gasteiger partial charge >= 0.3 is 0 Å². The van der Waals surface area contributed by atoms with Crippen molar-refractivity contribution in [1.82, 2.24) is 4.90 Å². The van der Waals surface area contributed by atoms with Gasteiger partial charge in [0.25, 0.3) is 0 Å². The minimum Gasteiger partial charge on any atom is -0.377 e. The summed E-state index contributed by atoms with van der Waals surface area (Å²) in [5, 5.41) is 0. The third-order valence-corrected chi connectivity index (χ3v) is 3.20. The van der Waals surface area contributed by atoms with Gasteiger partial charge in [-0.15, -0.1) is 0 Å². The quantitative estimate of drug-likeness (QED) is 0.710. The molecule has 3 heteroatoms. The minimum atomic E-state index is 0.187. The lowest BCUT2D eigenvalue weighted by Gasteiger charge is -2.26. The minimum absolute atomic E-state index is 0.187. The Morgan fingerprint density at radius 2 is 2.13 bits per heavy atom. The van der Waals surface area contributed by atoms with E-state index in [2.05, 4.69) is 25.7 Å². The zero-order valence-electron chi connectivity index (χ0n) is 10.4. The number of carbonyl (C=O) groups excluding carboxylic acids is 1. The number of likely N-dealkylation sites (tertiary alicyclic amines) is 1. The van der Waals surface area contributed by atoms with Gasteiger partial charge in [-0.3, -0.25) is 9.69 Å². The topological polar surface area (TPSA) is 29.5 Å². The van der Waals surface area contributed by atoms with E-state index in [-0.39, 0.29) is 12.4 Å². The van der Waals surface area contributed by atoms with Crippen molar-refractivity contribution in [2.75, 3.05) is 33.4 Å². The summed E-state index contributed by atoms with van der Waals surface area (Å²) in [5.41, 5.74) is 0.360. The molecule has 1 saturated heterocycles. The molecule has 0 aromatic rings. The molecule has 15 heavy (non-hydrogen) atoms. The standard InChI is InChI=1S/C12H23NO2/c1-12(2,3)10-5-6-13(7-10)8-11(14)9-15-4/h10H,5-9H2,1-4H3. The Morgan fingerprint density at radius 1 is 1.47 bits per heavy atom. The molecule has 0 bridgehead atoms. The van der Waals surface area contributed by atoms with E-state index in [0.29, 0.717) is 17.9 Å². The first-order valence-electron chi connectivity index (χ1n) is 5.66. The van der Waals surface area contributed by atoms with Gasteiger partial charge in [0.2, 0.25) is 0 Å². The van der Waals surface area contributed by atoms with E-state index < -0.39 is 0 Å². The molecule has 1 unspecified atom stereocenters. The number of nitrogens with zero attached hydrogens (tertiary/aromatic N) is 1. The van der Waals surface area contributed by atoms with Gasteiger partial charge in [-0.25, -0.2) is 0 Å². The Labute approximate surface area is 92.8 Å². The van der Waals surface area contributed by atoms with Crippen LogP contribution in [0.2, 0.25) is 0 Å². The Bertz CT molecular complexity index is 220. The first-order chi connectivity index (χ1) is 6.93. The lowest BCUT2D eigenvalue weighted by molar-refractivity contribution is -0.123. The molecule has 0 spiro atoms. The summed E-state index contributed by atoms with van der Waals surface area (Å²) in [5.74, 6) is 0.903. The van der Waals surface area contributed by atoms with E-state index in [9.17, 15) is 4.79 Å². The van der Waals surface area contributed by atoms with Gasteiger partial charge in [-0.1, -0.05) is 20.8 Å². The molecule has 1 rings (SSSR count). The fourth-order valence-corrected chi connectivity index (χ4v) is 2.14. The Morgan fingerprint density at radius 3 is 2.60 bits per heavy atom. The van der Waals surface area contributed by atoms with Crippen LogP contribution in [0, 0.1) is 11.3 Å². The van der Waals surface area contributed by atoms with Crippen LogP contribution in [0.5, 0.6) is 0 Å². The van der Waals surface area contributed by atoms with E-state index in [1.807, 2.05) is 0 Å². The highest BCUT2D eigenvalue weighted by atomic mass is 16.5. The number of ether oxygens (including phenoxy) is 1. The zero-order chi connectivity index (χ0) is 11.5. The largest absolute Gasteiger partial charge is 0.377 e. The van der Waals surface area contributed by atoms with Crippen molar-refractivity contribution in [2.45, 2.75) is 27.2 Å². The number of rotatable bonds is 4. The summed E-state index contributed by atoms with van der Waals surface area (Å²) in [7, 11) is 1.57. The van der Waals surface area contributed by atoms with Crippen LogP contribution in [0.4, 0.5) is 0 Å². The molecule has 0 amide bonds. The summed E-state index contributed by atoms with van der Waals surface area (Å²) >= 11 is 0. The molecule has 0 aromatic carbocycles. The predicted octanol–water partition coefficient (Wildman–Crippen LogP) is 1.57. The Hall–Kier alpha value is -0.410. The highest BCUT2D eigenvalue weighted by Gasteiger charge is 2.32. The van der Waals surface area contributed by atoms with Gasteiger partial charge in [0, 0.05) is 13.7 Å². The van der Waals surface area contributed by atoms with Crippen molar-refractivity contribution >= 4 is 5.78 Å². The molecule has 0 aromatic heterocycles. The average Bonchev–Trinajstić information content (AvgIpc) is 2.52. The van der Waals surface area contributed by atoms with Crippen molar-refractivity contribution in [3.8, 4) is 0 Å². The number of ketones is 1. The van der Waals surface area contributed by atoms with Gasteiger partial charge in [0.1, 0.15) is 6.61 Å². The van der Waals surface area contributed by atoms with Crippen LogP contribution in [0.25, 0.3) is 0 Å². The lowest BCUT2D eigenvalue weighted by Crippen LogP contribution is -2.31. The molecule has 1 fully saturated rings. The highest BCUT2D eigenvalue weighted by molar-refractivity contribution is 5.81. The molecule has 3 nitrogen and oxygen atoms in total. The molecule has 1 atom stereocenters. The van der Waals surface area contributed by atoms with Crippen LogP contribution in [-0.2, 0) is 9.53 Å². The summed E-state index contributed by atoms with van der Waals surface area (Å²) in [6, 6.07) is 0. The molecule has 1 aliphatic heterocycles. The van der Waals surface area contributed by atoms with Crippen molar-refractivity contribution < 1.29 is 9.53 Å². The SMILES string of the molecule is COCC(=O)CN1CCC(C(C)(C)C)C1. The third kappa shape index (κ3) is 3.92. The van der Waals surface area contributed by atoms with Gasteiger partial charge < -0.3 is 4.74 Å². The third-order valence-electron chi connectivity index (χ3n) is 3.20. The van der Waals surface area contributed by atoms with Gasteiger partial charge in [-0.05, 0) is 24.3 Å². The Kier molecular flexibility index (Phi) is 4.29. The highest BCUT2D eigenvalue weighted by Crippen LogP contribution is 2.33. The number of methoxy groups -OCH3 is 1. The zero-order valence-corrected chi connectivity index (χ0v) is 10.4. The normalized spacial score (nSPS) is 23.3. The monoisotopic (exact) mass is 213 g/mol. The molecule has 1 aliphatic rings. The number of hydrogen-bond donors (Lipinski definition) is 0. The molecule has 0 N–H and O–H groups in total. The number of carbonyl (C=O) groups is 1. The van der Waals surface area contributed by atoms with Crippen molar-refractivity contribution in [2.24, 2.45) is 11.3 Å². The van der Waals surface area contributed by atoms with Crippen molar-refractivity contribution in [3.63, 3.8) is 0 Å². The van der Waals surface area contributed by atoms with Crippen LogP contribution in [0.1, 0.15) is 27.2 Å². The summed E-state index contributed by atoms with van der Waals surface area (Å²) in [4.78, 5) is 13.6. The smallest absolute Gasteiger partial charge is 0.172 e. The molecule has 88 valence electrons. The summed E-state index contributed by atoms with van der Waals surface area (Å²) in [6.07, 6.45) is 1.21. The van der Waals surface area contributed by atoms with Crippen LogP contribution in [-0.4, -0.2) is 44.0 Å². The first kappa shape index (κ1) is 12.7. The van der Waals surface area contributed by atoms with E-state index in [4.69, 9.17) is 4.74 Å². The summed E-state index contributed by atoms with van der Waals surface area (Å²) < 4.78 is 4.83. The maximum Gasteiger partial charge on any atom is 0.172 e. The van der Waals surface area contributed by atoms with E-state index in [0.717, 1.165) is 13.1 Å². The van der Waals surface area contributed by atoms with Crippen molar-refractivity contribution in [3.05, 3.63) is 0 Å². The fraction of sp³-hybridized carbons (Fsp3) is 0.917. The van der Waals surface area contributed by atoms with Gasteiger partial charge in [-0.2, -0.15) is 0 Å². The van der Waals surface area contributed by atoms with E-state index in [1.54, 1.807) is 7.11 Å². The molecular weight excluding hydrogens is 190 g/mol. The molecule has 0 radical (unpaired) electrons. The maximum atomic E-state index is 11.4. The van der Waals surface area contributed by atoms with Crippen molar-refractivity contribution in [1.29, 1.82) is 0 Å². The second-order valence-corrected chi connectivity index (χ2v) is 5.56. The average molecular weight is 213 g/mol. The summed E-state index contributed by atoms with van der Waals surface area (Å²) in [6.45, 7) is 9.74. The van der Waals surface area contributed by atoms with Crippen LogP contribution in [0.3, 0.4) is 0 Å². The first-order valence-corrected chi connectivity index (χ1v) is 5.66. The second kappa shape index (κ2) is 5.08. The molecule has 1 heterocycles. The lowest BCUT2D eigenvalue weighted by atomic mass is 9.80. The van der Waals surface area contributed by atoms with Crippen LogP contribution < -0.4 is 0 Å². The van der Waals surface area contributed by atoms with Crippen LogP contribution in [0.15, 0.2) is 0 Å². The second-order valence-electron chi connectivity index (χ2n) is 5.56. The molecule has 0 saturated carbocycles. The van der Waals surface area contributed by atoms with Gasteiger partial charge in [0.05, 0.1) is 6.54 Å². The fourth-order valence-electron chi connectivity index (χ4n) is 2.14. The van der Waals surface area contributed by atoms with Crippen LogP contribution >= 0.6 is 0 Å². The van der Waals surface area contributed by atoms with E-state index >= 15 is 0 Å². The molecule has 0 aliphatic carbocycles. The molecular formula is C12H23NO2. The number of Topliss-reactive ketones (excluding diaryl/α,β-unsaturated/α-hetero) is 1. The van der Waals surface area contributed by atoms with E-state index in [1.165, 1.54) is 6.42 Å². The Balaban J connectivity index is 2.34. The maximum absolute atomic E-state index is 11.4. The predicted molar refractivity (Wildman–Crippen MR) is 60.9 cm³/mol. The van der Waals surface area contributed by atoms with Gasteiger partial charge in [0.15, 0.2) is 5.78 Å². The number of hydrogen-bond acceptors (Lipinski definition) is 3.